The number of urea groups is 1. The van der Waals surface area contributed by atoms with Crippen molar-refractivity contribution in [2.75, 3.05) is 12.3 Å². The summed E-state index contributed by atoms with van der Waals surface area (Å²) in [6, 6.07) is -3.41. The minimum Gasteiger partial charge on any atom is -0.363 e. The topological polar surface area (TPSA) is 185 Å². The van der Waals surface area contributed by atoms with Crippen LogP contribution in [0.1, 0.15) is 125 Å². The van der Waals surface area contributed by atoms with Crippen LogP contribution in [0.3, 0.4) is 0 Å². The number of Topliss-reactive ketones (excluding diaryl/α,β-unsaturated/α-hetero) is 1. The van der Waals surface area contributed by atoms with Crippen molar-refractivity contribution in [3.05, 3.63) is 0 Å². The number of nitrogens with one attached hydrogen (secondary N) is 3. The highest BCUT2D eigenvalue weighted by Gasteiger charge is 2.69. The van der Waals surface area contributed by atoms with Gasteiger partial charge in [0.25, 0.3) is 5.91 Å². The van der Waals surface area contributed by atoms with Gasteiger partial charge in [-0.2, -0.15) is 0 Å². The zero-order chi connectivity index (χ0) is 34.8. The van der Waals surface area contributed by atoms with Crippen molar-refractivity contribution in [3.63, 3.8) is 0 Å². The molecule has 13 heteroatoms. The second-order valence-corrected chi connectivity index (χ2v) is 18.8. The molecule has 2 aliphatic heterocycles. The molecule has 2 saturated heterocycles. The number of nitrogens with two attached hydrogens (primary N) is 1. The second-order valence-electron chi connectivity index (χ2n) is 16.1. The van der Waals surface area contributed by atoms with Crippen LogP contribution in [0.4, 0.5) is 4.79 Å². The van der Waals surface area contributed by atoms with E-state index in [0.717, 1.165) is 51.4 Å². The molecule has 2 heterocycles. The number of nitrogens with zero attached hydrogens (tertiary/aromatic N) is 1. The first-order chi connectivity index (χ1) is 21.9. The van der Waals surface area contributed by atoms with Crippen molar-refractivity contribution >= 4 is 39.4 Å². The van der Waals surface area contributed by atoms with Crippen LogP contribution >= 0.6 is 0 Å². The van der Waals surface area contributed by atoms with Gasteiger partial charge >= 0.3 is 6.03 Å². The van der Waals surface area contributed by atoms with Crippen LogP contribution < -0.4 is 21.7 Å². The number of primary amides is 1. The third kappa shape index (κ3) is 8.48. The minimum absolute atomic E-state index is 0.0807. The monoisotopic (exact) mass is 679 g/mol. The van der Waals surface area contributed by atoms with E-state index in [-0.39, 0.29) is 28.9 Å². The number of hydrogen-bond donors (Lipinski definition) is 4. The molecule has 2 aliphatic carbocycles. The average Bonchev–Trinajstić information content (AvgIpc) is 3.29. The highest BCUT2D eigenvalue weighted by Crippen LogP contribution is 2.65. The molecular weight excluding hydrogens is 622 g/mol. The Morgan fingerprint density at radius 3 is 2.04 bits per heavy atom. The number of rotatable bonds is 6. The van der Waals surface area contributed by atoms with E-state index < -0.39 is 61.9 Å². The Labute approximate surface area is 280 Å². The van der Waals surface area contributed by atoms with Gasteiger partial charge in [-0.15, -0.1) is 0 Å². The maximum absolute atomic E-state index is 14.3. The largest absolute Gasteiger partial charge is 0.363 e. The summed E-state index contributed by atoms with van der Waals surface area (Å²) in [4.78, 5) is 67.9. The molecule has 4 rings (SSSR count). The molecule has 0 aromatic rings. The van der Waals surface area contributed by atoms with Gasteiger partial charge < -0.3 is 26.6 Å². The lowest BCUT2D eigenvalue weighted by Gasteiger charge is -2.40. The van der Waals surface area contributed by atoms with Gasteiger partial charge in [-0.1, -0.05) is 78.1 Å². The summed E-state index contributed by atoms with van der Waals surface area (Å²) >= 11 is 0. The van der Waals surface area contributed by atoms with Gasteiger partial charge in [0.1, 0.15) is 12.1 Å². The first-order valence-corrected chi connectivity index (χ1v) is 19.3. The fraction of sp³-hybridized carbons (Fsp3) is 0.853. The maximum Gasteiger partial charge on any atom is 0.315 e. The standard InChI is InChI=1S/C34H57N5O7S/c1-32(2,3)47(45,46)21-34(18-14-11-15-19-34)38-31(44)37-24-17-13-10-8-6-7-9-12-16-23(27(40)28(35)41)36-29(42)26-25-22(33(25,4)5)20-39(26)30(24)43/h22-26H,6-21H2,1-5H3,(H2,35,41)(H,36,42)(H2,37,38,44)/t22-,23+,24+,25-,26-/m0/s1. The number of carbonyl (C=O) groups excluding carboxylic acids is 5. The molecule has 0 aromatic carbocycles. The molecule has 47 heavy (non-hydrogen) atoms. The molecule has 5 N–H and O–H groups in total. The van der Waals surface area contributed by atoms with Gasteiger partial charge in [0, 0.05) is 6.54 Å². The van der Waals surface area contributed by atoms with E-state index in [4.69, 9.17) is 5.73 Å². The van der Waals surface area contributed by atoms with Crippen molar-refractivity contribution in [1.82, 2.24) is 20.9 Å². The van der Waals surface area contributed by atoms with Crippen LogP contribution in [0.5, 0.6) is 0 Å². The van der Waals surface area contributed by atoms with Gasteiger partial charge in [0.2, 0.25) is 17.6 Å². The summed E-state index contributed by atoms with van der Waals surface area (Å²) < 4.78 is 25.6. The van der Waals surface area contributed by atoms with E-state index in [0.29, 0.717) is 45.1 Å². The molecule has 0 spiro atoms. The second kappa shape index (κ2) is 14.4. The fourth-order valence-electron chi connectivity index (χ4n) is 8.10. The lowest BCUT2D eigenvalue weighted by Crippen LogP contribution is -2.62. The van der Waals surface area contributed by atoms with Crippen LogP contribution in [0, 0.1) is 17.3 Å². The van der Waals surface area contributed by atoms with Gasteiger partial charge in [-0.3, -0.25) is 19.2 Å². The smallest absolute Gasteiger partial charge is 0.315 e. The third-order valence-electron chi connectivity index (χ3n) is 11.3. The van der Waals surface area contributed by atoms with Gasteiger partial charge in [-0.25, -0.2) is 13.2 Å². The Morgan fingerprint density at radius 2 is 1.47 bits per heavy atom. The molecule has 5 amide bonds. The van der Waals surface area contributed by atoms with Crippen LogP contribution in [-0.4, -0.2) is 83.6 Å². The predicted octanol–water partition coefficient (Wildman–Crippen LogP) is 3.12. The number of amides is 5. The third-order valence-corrected chi connectivity index (χ3v) is 14.1. The Hall–Kier alpha value is -2.70. The Kier molecular flexibility index (Phi) is 11.4. The molecule has 0 bridgehead atoms. The van der Waals surface area contributed by atoms with Crippen molar-refractivity contribution in [3.8, 4) is 0 Å². The van der Waals surface area contributed by atoms with Gasteiger partial charge in [-0.05, 0) is 63.7 Å². The molecule has 4 aliphatic rings. The quantitative estimate of drug-likeness (QED) is 0.311. The van der Waals surface area contributed by atoms with Crippen molar-refractivity contribution < 1.29 is 32.4 Å². The molecule has 5 atom stereocenters. The van der Waals surface area contributed by atoms with E-state index in [1.807, 2.05) is 0 Å². The summed E-state index contributed by atoms with van der Waals surface area (Å²) in [5, 5.41) is 8.70. The van der Waals surface area contributed by atoms with Crippen molar-refractivity contribution in [2.24, 2.45) is 23.0 Å². The number of hydrogen-bond acceptors (Lipinski definition) is 7. The molecule has 266 valence electrons. The lowest BCUT2D eigenvalue weighted by molar-refractivity contribution is -0.143. The van der Waals surface area contributed by atoms with Gasteiger partial charge in [0.15, 0.2) is 9.84 Å². The van der Waals surface area contributed by atoms with Gasteiger partial charge in [0.05, 0.1) is 22.1 Å². The number of ketones is 1. The van der Waals surface area contributed by atoms with E-state index in [1.165, 1.54) is 0 Å². The van der Waals surface area contributed by atoms with Crippen LogP contribution in [0.2, 0.25) is 0 Å². The zero-order valence-electron chi connectivity index (χ0n) is 29.0. The Bertz CT molecular complexity index is 1320. The first-order valence-electron chi connectivity index (χ1n) is 17.7. The summed E-state index contributed by atoms with van der Waals surface area (Å²) in [6.07, 6.45) is 10.2. The fourth-order valence-corrected chi connectivity index (χ4v) is 9.62. The molecule has 4 fully saturated rings. The minimum atomic E-state index is -3.55. The first kappa shape index (κ1) is 37.1. The highest BCUT2D eigenvalue weighted by molar-refractivity contribution is 7.92. The number of sulfone groups is 1. The summed E-state index contributed by atoms with van der Waals surface area (Å²) in [6.45, 7) is 9.45. The summed E-state index contributed by atoms with van der Waals surface area (Å²) in [5.41, 5.74) is 4.21. The molecule has 0 unspecified atom stereocenters. The molecule has 0 radical (unpaired) electrons. The SMILES string of the molecule is CC1(C)[C@@H]2[C@H]3C(=O)N[C@@H](C(=O)C(N)=O)CCCCCCCCC[C@@H](NC(=O)NC4(CS(=O)(=O)C(C)(C)C)CCCCC4)C(=O)N3C[C@@H]21. The summed E-state index contributed by atoms with van der Waals surface area (Å²) in [7, 11) is -3.55. The molecule has 2 saturated carbocycles. The van der Waals surface area contributed by atoms with E-state index in [9.17, 15) is 32.4 Å². The Morgan fingerprint density at radius 1 is 0.915 bits per heavy atom. The van der Waals surface area contributed by atoms with Crippen LogP contribution in [-0.2, 0) is 29.0 Å². The van der Waals surface area contributed by atoms with Crippen molar-refractivity contribution in [1.29, 1.82) is 0 Å². The normalized spacial score (nSPS) is 30.3. The van der Waals surface area contributed by atoms with Crippen LogP contribution in [0.25, 0.3) is 0 Å². The highest BCUT2D eigenvalue weighted by atomic mass is 32.2. The van der Waals surface area contributed by atoms with E-state index >= 15 is 0 Å². The van der Waals surface area contributed by atoms with Crippen molar-refractivity contribution in [2.45, 2.75) is 153 Å². The number of piperidine rings is 1. The van der Waals surface area contributed by atoms with E-state index in [2.05, 4.69) is 29.8 Å². The average molecular weight is 680 g/mol. The predicted molar refractivity (Wildman–Crippen MR) is 179 cm³/mol. The lowest BCUT2D eigenvalue weighted by atomic mass is 9.83. The Balaban J connectivity index is 1.58. The summed E-state index contributed by atoms with van der Waals surface area (Å²) in [5.74, 6) is -3.02. The van der Waals surface area contributed by atoms with Crippen LogP contribution in [0.15, 0.2) is 0 Å². The zero-order valence-corrected chi connectivity index (χ0v) is 29.8. The molecular formula is C34H57N5O7S. The number of fused-ring (bicyclic) bond motifs is 3. The number of carbonyl (C=O) groups is 5. The molecule has 12 nitrogen and oxygen atoms in total. The van der Waals surface area contributed by atoms with E-state index in [1.54, 1.807) is 25.7 Å². The maximum atomic E-state index is 14.3. The molecule has 0 aromatic heterocycles.